The lowest BCUT2D eigenvalue weighted by molar-refractivity contribution is 0.174. The van der Waals surface area contributed by atoms with Gasteiger partial charge >= 0.3 is 0 Å². The van der Waals surface area contributed by atoms with Crippen LogP contribution in [0.1, 0.15) is 244 Å². The summed E-state index contributed by atoms with van der Waals surface area (Å²) in [4.78, 5) is 5.42. The molecule has 0 radical (unpaired) electrons. The summed E-state index contributed by atoms with van der Waals surface area (Å²) in [6, 6.07) is 14.8. The number of unbranched alkanes of at least 4 members (excludes halogenated alkanes) is 24. The summed E-state index contributed by atoms with van der Waals surface area (Å²) >= 11 is 7.83. The number of hydrogen-bond donors (Lipinski definition) is 0. The second-order valence-corrected chi connectivity index (χ2v) is 28.9. The summed E-state index contributed by atoms with van der Waals surface area (Å²) in [6.45, 7) is 11.8. The van der Waals surface area contributed by atoms with Gasteiger partial charge in [0.2, 0.25) is 0 Å². The second-order valence-electron chi connectivity index (χ2n) is 25.1. The van der Waals surface area contributed by atoms with Crippen LogP contribution in [0.3, 0.4) is 0 Å². The van der Waals surface area contributed by atoms with Crippen molar-refractivity contribution in [2.45, 2.75) is 246 Å². The summed E-state index contributed by atoms with van der Waals surface area (Å²) in [5, 5.41) is 19.1. The first-order chi connectivity index (χ1) is 40.6. The van der Waals surface area contributed by atoms with Crippen LogP contribution in [0.5, 0.6) is 23.0 Å². The minimum absolute atomic E-state index is 0.608. The van der Waals surface area contributed by atoms with Gasteiger partial charge in [0.05, 0.1) is 19.5 Å². The molecule has 8 heteroatoms. The molecule has 5 aromatic carbocycles. The fourth-order valence-electron chi connectivity index (χ4n) is 14.7. The number of hydrogen-bond acceptors (Lipinski definition) is 8. The van der Waals surface area contributed by atoms with E-state index in [0.717, 1.165) is 35.8 Å². The van der Waals surface area contributed by atoms with Crippen LogP contribution in [-0.2, 0) is 12.8 Å². The summed E-state index contributed by atoms with van der Waals surface area (Å²) in [5.74, 6) is 5.11. The Kier molecular flexibility index (Phi) is 21.9. The number of rotatable bonds is 38. The van der Waals surface area contributed by atoms with Crippen LogP contribution in [0.2, 0.25) is 0 Å². The quantitative estimate of drug-likeness (QED) is 0.0285. The maximum Gasteiger partial charge on any atom is 0.180 e. The maximum absolute atomic E-state index is 6.59. The largest absolute Gasteiger partial charge is 0.485 e. The summed E-state index contributed by atoms with van der Waals surface area (Å²) in [7, 11) is 0. The predicted octanol–water partition coefficient (Wildman–Crippen LogP) is 25.5. The molecule has 0 spiro atoms. The van der Waals surface area contributed by atoms with Crippen LogP contribution in [0, 0.1) is 11.8 Å². The van der Waals surface area contributed by atoms with E-state index < -0.39 is 0 Å². The van der Waals surface area contributed by atoms with Gasteiger partial charge in [-0.2, -0.15) is 0 Å². The fraction of sp³-hybridized carbons (Fsp3) is 0.595. The minimum atomic E-state index is 0.608. The zero-order valence-corrected chi connectivity index (χ0v) is 54.2. The molecule has 4 nitrogen and oxygen atoms in total. The molecular weight excluding hydrogens is 1080 g/mol. The van der Waals surface area contributed by atoms with E-state index in [9.17, 15) is 0 Å². The van der Waals surface area contributed by atoms with Gasteiger partial charge in [0.15, 0.2) is 23.0 Å². The van der Waals surface area contributed by atoms with Gasteiger partial charge in [-0.3, -0.25) is 0 Å². The monoisotopic (exact) mass is 1180 g/mol. The number of ether oxygens (including phenoxy) is 4. The molecule has 0 bridgehead atoms. The van der Waals surface area contributed by atoms with Crippen LogP contribution in [0.25, 0.3) is 82.8 Å². The normalized spacial score (nSPS) is 14.4. The molecule has 0 aliphatic carbocycles. The van der Waals surface area contributed by atoms with Crippen molar-refractivity contribution in [3.63, 3.8) is 0 Å². The van der Waals surface area contributed by atoms with Crippen LogP contribution in [0.15, 0.2) is 47.2 Å². The van der Waals surface area contributed by atoms with Crippen molar-refractivity contribution in [3.05, 3.63) is 58.3 Å². The second kappa shape index (κ2) is 30.0. The van der Waals surface area contributed by atoms with E-state index in [0.29, 0.717) is 38.3 Å². The Hall–Kier alpha value is -3.82. The molecule has 442 valence electrons. The zero-order chi connectivity index (χ0) is 56.0. The Bertz CT molecular complexity index is 3160. The van der Waals surface area contributed by atoms with Gasteiger partial charge in [0.1, 0.15) is 26.4 Å². The highest BCUT2D eigenvalue weighted by atomic mass is 32.1. The van der Waals surface area contributed by atoms with Crippen LogP contribution in [0.4, 0.5) is 0 Å². The number of thiophene rings is 4. The molecule has 82 heavy (non-hydrogen) atoms. The predicted molar refractivity (Wildman–Crippen MR) is 363 cm³/mol. The average molecular weight is 1180 g/mol. The lowest BCUT2D eigenvalue weighted by atomic mass is 9.87. The van der Waals surface area contributed by atoms with E-state index >= 15 is 0 Å². The van der Waals surface area contributed by atoms with Crippen molar-refractivity contribution in [3.8, 4) is 42.5 Å². The molecule has 0 saturated heterocycles. The molecule has 0 fully saturated rings. The summed E-state index contributed by atoms with van der Waals surface area (Å²) < 4.78 is 28.7. The molecule has 9 aromatic rings. The zero-order valence-electron chi connectivity index (χ0n) is 50.9. The minimum Gasteiger partial charge on any atom is -0.485 e. The van der Waals surface area contributed by atoms with Crippen LogP contribution in [-0.4, -0.2) is 26.4 Å². The molecule has 4 aromatic heterocycles. The van der Waals surface area contributed by atoms with Gasteiger partial charge in [-0.05, 0) is 68.1 Å². The van der Waals surface area contributed by atoms with E-state index in [-0.39, 0.29) is 0 Å². The van der Waals surface area contributed by atoms with Crippen LogP contribution < -0.4 is 18.9 Å². The molecule has 2 unspecified atom stereocenters. The lowest BCUT2D eigenvalue weighted by Crippen LogP contribution is -2.14. The third kappa shape index (κ3) is 13.3. The number of benzene rings is 3. The Morgan fingerprint density at radius 3 is 0.988 bits per heavy atom. The lowest BCUT2D eigenvalue weighted by Gasteiger charge is -2.19. The number of fused-ring (bicyclic) bond motifs is 10. The van der Waals surface area contributed by atoms with Crippen LogP contribution >= 0.6 is 45.3 Å². The van der Waals surface area contributed by atoms with Gasteiger partial charge in [0, 0.05) is 41.7 Å². The van der Waals surface area contributed by atoms with E-state index in [2.05, 4.69) is 97.5 Å². The SMILES string of the molecule is CCCCCCCCCCC(CCCCCCCC)Cc1c(-c2scc3c2OCCO3)sc2c1c1cccc3c1c2c1cccc2c4c(CC(CCCCCCCC)CCCCCCCCCC)c(-c5scc6c5OCCO6)sc4c3c21. The smallest absolute Gasteiger partial charge is 0.180 e. The third-order valence-corrected chi connectivity index (χ3v) is 23.7. The highest BCUT2D eigenvalue weighted by Crippen LogP contribution is 2.60. The maximum atomic E-state index is 6.59. The van der Waals surface area contributed by atoms with Crippen molar-refractivity contribution in [2.75, 3.05) is 26.4 Å². The van der Waals surface area contributed by atoms with E-state index in [1.807, 2.05) is 22.7 Å². The first kappa shape index (κ1) is 59.9. The molecule has 2 atom stereocenters. The third-order valence-electron chi connectivity index (χ3n) is 19.0. The van der Waals surface area contributed by atoms with Crippen molar-refractivity contribution >= 4 is 109 Å². The molecule has 0 saturated carbocycles. The first-order valence-electron chi connectivity index (χ1n) is 33.7. The van der Waals surface area contributed by atoms with Gasteiger partial charge in [-0.25, -0.2) is 0 Å². The van der Waals surface area contributed by atoms with E-state index in [4.69, 9.17) is 18.9 Å². The Morgan fingerprint density at radius 2 is 0.646 bits per heavy atom. The van der Waals surface area contributed by atoms with Crippen molar-refractivity contribution in [1.82, 2.24) is 0 Å². The van der Waals surface area contributed by atoms with Gasteiger partial charge in [-0.15, -0.1) is 45.3 Å². The molecule has 0 N–H and O–H groups in total. The van der Waals surface area contributed by atoms with E-state index in [1.54, 1.807) is 11.1 Å². The van der Waals surface area contributed by atoms with Crippen molar-refractivity contribution < 1.29 is 18.9 Å². The molecule has 2 aliphatic rings. The first-order valence-corrected chi connectivity index (χ1v) is 37.1. The van der Waals surface area contributed by atoms with Crippen molar-refractivity contribution in [1.29, 1.82) is 0 Å². The molecule has 11 rings (SSSR count). The Balaban J connectivity index is 1.03. The highest BCUT2D eigenvalue weighted by Gasteiger charge is 2.33. The molecule has 2 aliphatic heterocycles. The fourth-order valence-corrected chi connectivity index (χ4v) is 19.7. The summed E-state index contributed by atoms with van der Waals surface area (Å²) in [6.07, 6.45) is 45.7. The average Bonchev–Trinajstić information content (AvgIpc) is 1.93. The Labute approximate surface area is 509 Å². The molecular formula is C74H98O4S4. The van der Waals surface area contributed by atoms with Gasteiger partial charge < -0.3 is 18.9 Å². The summed E-state index contributed by atoms with van der Waals surface area (Å²) in [5.41, 5.74) is 3.14. The highest BCUT2D eigenvalue weighted by molar-refractivity contribution is 7.28. The van der Waals surface area contributed by atoms with E-state index in [1.165, 1.54) is 288 Å². The standard InChI is InChI=1S/C74H98O4S4/c1-5-9-13-17-21-23-27-31-37-51(35-29-25-19-15-11-7-3)47-57-63-53-39-33-41-55-61(53)65(71(63)81-69(57)73-67-59(49-79-73)75-43-45-77-67)56-42-34-40-54-62(56)66(55)72-64(54)58(70(82-72)74-68-60(50-80-74)76-44-46-78-68)48-52(36-30-26-20-16-12-8-4)38-32-28-24-22-18-14-10-6-2/h33-34,39-42,49-52H,5-32,35-38,43-48H2,1-4H3. The molecule has 6 heterocycles. The van der Waals surface area contributed by atoms with Gasteiger partial charge in [0.25, 0.3) is 0 Å². The topological polar surface area (TPSA) is 36.9 Å². The van der Waals surface area contributed by atoms with Crippen molar-refractivity contribution in [2.24, 2.45) is 11.8 Å². The molecule has 0 amide bonds. The Morgan fingerprint density at radius 1 is 0.341 bits per heavy atom. The van der Waals surface area contributed by atoms with Gasteiger partial charge in [-0.1, -0.05) is 270 Å².